The number of fused-ring (bicyclic) bond motifs is 1. The molecule has 2 N–H and O–H groups in total. The van der Waals surface area contributed by atoms with Gasteiger partial charge < -0.3 is 20.1 Å². The predicted octanol–water partition coefficient (Wildman–Crippen LogP) is 4.93. The zero-order valence-electron chi connectivity index (χ0n) is 16.9. The lowest BCUT2D eigenvalue weighted by Gasteiger charge is -2.31. The molecule has 3 aromatic rings. The average molecular weight is 471 g/mol. The Bertz CT molecular complexity index is 1110. The van der Waals surface area contributed by atoms with Crippen LogP contribution in [0.4, 0.5) is 10.6 Å². The number of rotatable bonds is 4. The molecule has 1 amide bonds. The fourth-order valence-corrected chi connectivity index (χ4v) is 4.25. The van der Waals surface area contributed by atoms with Crippen molar-refractivity contribution in [2.75, 3.05) is 25.5 Å². The second-order valence-corrected chi connectivity index (χ2v) is 8.42. The number of benzene rings is 2. The molecule has 1 aromatic heterocycles. The summed E-state index contributed by atoms with van der Waals surface area (Å²) in [5.74, 6) is 1.40. The van der Waals surface area contributed by atoms with Gasteiger partial charge in [-0.2, -0.15) is 0 Å². The number of carboxylic acid groups (broad SMARTS) is 1. The summed E-state index contributed by atoms with van der Waals surface area (Å²) in [6.07, 6.45) is 0.814. The average Bonchev–Trinajstić information content (AvgIpc) is 2.74. The number of halogens is 1. The summed E-state index contributed by atoms with van der Waals surface area (Å²) in [5, 5.41) is 23.6. The predicted molar refractivity (Wildman–Crippen MR) is 120 cm³/mol. The van der Waals surface area contributed by atoms with E-state index in [1.54, 1.807) is 7.11 Å². The third kappa shape index (κ3) is 4.05. The molecular formula is C22H23BrN4O3. The highest BCUT2D eigenvalue weighted by Gasteiger charge is 2.24. The lowest BCUT2D eigenvalue weighted by atomic mass is 10.0. The number of likely N-dealkylation sites (tertiary alicyclic amines) is 1. The molecule has 0 bridgehead atoms. The molecule has 2 heterocycles. The lowest BCUT2D eigenvalue weighted by molar-refractivity contribution is 0.133. The molecule has 0 spiro atoms. The molecule has 7 nitrogen and oxygen atoms in total. The summed E-state index contributed by atoms with van der Waals surface area (Å²) in [7, 11) is 1.65. The monoisotopic (exact) mass is 470 g/mol. The fourth-order valence-electron chi connectivity index (χ4n) is 3.89. The zero-order chi connectivity index (χ0) is 21.3. The van der Waals surface area contributed by atoms with Gasteiger partial charge in [0.1, 0.15) is 11.4 Å². The third-order valence-electron chi connectivity index (χ3n) is 5.39. The SMILES string of the molecule is COc1cc(C)ccc1-c1nnc(N[C@@H]2CCCN(C(=O)O)C2)c2cc(Br)ccc12. The van der Waals surface area contributed by atoms with E-state index in [0.717, 1.165) is 50.7 Å². The van der Waals surface area contributed by atoms with Crippen molar-refractivity contribution < 1.29 is 14.6 Å². The first-order valence-electron chi connectivity index (χ1n) is 9.81. The molecule has 1 fully saturated rings. The van der Waals surface area contributed by atoms with Gasteiger partial charge in [-0.1, -0.05) is 28.1 Å². The zero-order valence-corrected chi connectivity index (χ0v) is 18.4. The molecule has 0 radical (unpaired) electrons. The Kier molecular flexibility index (Phi) is 5.76. The summed E-state index contributed by atoms with van der Waals surface area (Å²) in [6, 6.07) is 12.0. The van der Waals surface area contributed by atoms with Gasteiger partial charge in [-0.05, 0) is 49.6 Å². The Morgan fingerprint density at radius 3 is 2.83 bits per heavy atom. The summed E-state index contributed by atoms with van der Waals surface area (Å²) < 4.78 is 6.52. The van der Waals surface area contributed by atoms with E-state index in [-0.39, 0.29) is 6.04 Å². The van der Waals surface area contributed by atoms with Gasteiger partial charge in [-0.3, -0.25) is 0 Å². The highest BCUT2D eigenvalue weighted by atomic mass is 79.9. The van der Waals surface area contributed by atoms with Crippen LogP contribution in [0.25, 0.3) is 22.0 Å². The van der Waals surface area contributed by atoms with E-state index in [9.17, 15) is 9.90 Å². The van der Waals surface area contributed by atoms with E-state index in [1.807, 2.05) is 43.3 Å². The van der Waals surface area contributed by atoms with Gasteiger partial charge in [0.25, 0.3) is 0 Å². The van der Waals surface area contributed by atoms with Crippen molar-refractivity contribution in [3.05, 3.63) is 46.4 Å². The summed E-state index contributed by atoms with van der Waals surface area (Å²) in [6.45, 7) is 3.02. The Labute approximate surface area is 183 Å². The number of nitrogens with zero attached hydrogens (tertiary/aromatic N) is 3. The second kappa shape index (κ2) is 8.47. The van der Waals surface area contributed by atoms with Crippen LogP contribution in [0.5, 0.6) is 5.75 Å². The van der Waals surface area contributed by atoms with Gasteiger partial charge in [0, 0.05) is 39.9 Å². The minimum absolute atomic E-state index is 0.00825. The molecular weight excluding hydrogens is 448 g/mol. The molecule has 2 aromatic carbocycles. The molecule has 30 heavy (non-hydrogen) atoms. The number of amides is 1. The van der Waals surface area contributed by atoms with E-state index in [0.29, 0.717) is 18.9 Å². The van der Waals surface area contributed by atoms with Crippen LogP contribution in [-0.4, -0.2) is 52.5 Å². The van der Waals surface area contributed by atoms with E-state index >= 15 is 0 Å². The number of anilines is 1. The number of piperidine rings is 1. The fraction of sp³-hybridized carbons (Fsp3) is 0.318. The number of ether oxygens (including phenoxy) is 1. The normalized spacial score (nSPS) is 16.5. The van der Waals surface area contributed by atoms with Crippen LogP contribution in [0.2, 0.25) is 0 Å². The quantitative estimate of drug-likeness (QED) is 0.561. The Morgan fingerprint density at radius 2 is 2.07 bits per heavy atom. The minimum Gasteiger partial charge on any atom is -0.496 e. The number of carbonyl (C=O) groups is 1. The number of aryl methyl sites for hydroxylation is 1. The van der Waals surface area contributed by atoms with Crippen LogP contribution in [-0.2, 0) is 0 Å². The number of hydrogen-bond donors (Lipinski definition) is 2. The van der Waals surface area contributed by atoms with Crippen molar-refractivity contribution in [1.82, 2.24) is 15.1 Å². The smallest absolute Gasteiger partial charge is 0.407 e. The largest absolute Gasteiger partial charge is 0.496 e. The highest BCUT2D eigenvalue weighted by Crippen LogP contribution is 2.37. The number of methoxy groups -OCH3 is 1. The maximum absolute atomic E-state index is 11.3. The molecule has 1 aliphatic heterocycles. The summed E-state index contributed by atoms with van der Waals surface area (Å²) in [5.41, 5.74) is 2.73. The maximum atomic E-state index is 11.3. The first-order valence-corrected chi connectivity index (χ1v) is 10.6. The maximum Gasteiger partial charge on any atom is 0.407 e. The van der Waals surface area contributed by atoms with E-state index in [1.165, 1.54) is 4.90 Å². The molecule has 1 atom stereocenters. The minimum atomic E-state index is -0.887. The van der Waals surface area contributed by atoms with Gasteiger partial charge >= 0.3 is 6.09 Å². The van der Waals surface area contributed by atoms with Crippen LogP contribution in [0.15, 0.2) is 40.9 Å². The van der Waals surface area contributed by atoms with Crippen molar-refractivity contribution in [3.8, 4) is 17.0 Å². The number of hydrogen-bond acceptors (Lipinski definition) is 5. The first-order chi connectivity index (χ1) is 14.5. The molecule has 1 saturated heterocycles. The van der Waals surface area contributed by atoms with Gasteiger partial charge in [0.15, 0.2) is 5.82 Å². The van der Waals surface area contributed by atoms with Crippen molar-refractivity contribution in [1.29, 1.82) is 0 Å². The Morgan fingerprint density at radius 1 is 1.23 bits per heavy atom. The molecule has 8 heteroatoms. The molecule has 0 aliphatic carbocycles. The van der Waals surface area contributed by atoms with Gasteiger partial charge in [0.05, 0.1) is 7.11 Å². The van der Waals surface area contributed by atoms with Crippen molar-refractivity contribution in [2.24, 2.45) is 0 Å². The highest BCUT2D eigenvalue weighted by molar-refractivity contribution is 9.10. The summed E-state index contributed by atoms with van der Waals surface area (Å²) >= 11 is 3.55. The number of aromatic nitrogens is 2. The Hall–Kier alpha value is -2.87. The molecule has 4 rings (SSSR count). The van der Waals surface area contributed by atoms with Gasteiger partial charge in [0.2, 0.25) is 0 Å². The summed E-state index contributed by atoms with van der Waals surface area (Å²) in [4.78, 5) is 12.8. The van der Waals surface area contributed by atoms with E-state index in [2.05, 4.69) is 31.4 Å². The molecule has 0 unspecified atom stereocenters. The van der Waals surface area contributed by atoms with Gasteiger partial charge in [-0.25, -0.2) is 4.79 Å². The topological polar surface area (TPSA) is 87.6 Å². The van der Waals surface area contributed by atoms with E-state index < -0.39 is 6.09 Å². The van der Waals surface area contributed by atoms with Crippen LogP contribution in [0.1, 0.15) is 18.4 Å². The van der Waals surface area contributed by atoms with Crippen molar-refractivity contribution >= 4 is 38.6 Å². The van der Waals surface area contributed by atoms with Crippen molar-refractivity contribution in [3.63, 3.8) is 0 Å². The third-order valence-corrected chi connectivity index (χ3v) is 5.88. The second-order valence-electron chi connectivity index (χ2n) is 7.50. The first kappa shape index (κ1) is 20.4. The van der Waals surface area contributed by atoms with Crippen molar-refractivity contribution in [2.45, 2.75) is 25.8 Å². The number of nitrogens with one attached hydrogen (secondary N) is 1. The molecule has 1 aliphatic rings. The van der Waals surface area contributed by atoms with Crippen LogP contribution in [0.3, 0.4) is 0 Å². The molecule has 156 valence electrons. The van der Waals surface area contributed by atoms with Crippen LogP contribution in [0, 0.1) is 6.92 Å². The van der Waals surface area contributed by atoms with Crippen LogP contribution < -0.4 is 10.1 Å². The van der Waals surface area contributed by atoms with Gasteiger partial charge in [-0.15, -0.1) is 10.2 Å². The van der Waals surface area contributed by atoms with Crippen LogP contribution >= 0.6 is 15.9 Å². The lowest BCUT2D eigenvalue weighted by Crippen LogP contribution is -2.44. The Balaban J connectivity index is 1.76. The standard InChI is InChI=1S/C22H23BrN4O3/c1-13-5-7-17(19(10-13)30-2)20-16-8-6-14(23)11-18(16)21(26-25-20)24-15-4-3-9-27(12-15)22(28)29/h5-8,10-11,15H,3-4,9,12H2,1-2H3,(H,24,26)(H,28,29)/t15-/m1/s1. The van der Waals surface area contributed by atoms with E-state index in [4.69, 9.17) is 4.74 Å². The molecule has 0 saturated carbocycles.